The Bertz CT molecular complexity index is 2390. The number of hydrogen-bond donors (Lipinski definition) is 11. The molecule has 2 aliphatic heterocycles. The molecule has 0 radical (unpaired) electrons. The maximum atomic E-state index is 14.9. The summed E-state index contributed by atoms with van der Waals surface area (Å²) in [4.78, 5) is 143. The Kier molecular flexibility index (Phi) is 23.7. The van der Waals surface area contributed by atoms with Crippen molar-refractivity contribution in [2.24, 2.45) is 27.9 Å². The van der Waals surface area contributed by atoms with Crippen molar-refractivity contribution >= 4 is 86.6 Å². The lowest BCUT2D eigenvalue weighted by molar-refractivity contribution is -0.142. The lowest BCUT2D eigenvalue weighted by Crippen LogP contribution is -2.61. The van der Waals surface area contributed by atoms with E-state index < -0.39 is 119 Å². The summed E-state index contributed by atoms with van der Waals surface area (Å²) in [6.45, 7) is 1.48. The summed E-state index contributed by atoms with van der Waals surface area (Å²) in [5, 5.41) is 19.0. The second-order valence-electron chi connectivity index (χ2n) is 19.4. The molecule has 1 saturated carbocycles. The molecule has 25 heteroatoms. The number of nitrogens with zero attached hydrogens (tertiary/aromatic N) is 2. The number of rotatable bonds is 18. The van der Waals surface area contributed by atoms with Crippen LogP contribution in [0.15, 0.2) is 65.7 Å². The third kappa shape index (κ3) is 19.0. The first-order valence-electron chi connectivity index (χ1n) is 25.8. The van der Waals surface area contributed by atoms with Crippen molar-refractivity contribution in [2.75, 3.05) is 25.4 Å². The monoisotopic (exact) mass is 1090 g/mol. The summed E-state index contributed by atoms with van der Waals surface area (Å²) in [6.07, 6.45) is 4.41. The zero-order valence-corrected chi connectivity index (χ0v) is 44.5. The normalized spacial score (nSPS) is 23.3. The first-order chi connectivity index (χ1) is 36.4. The molecule has 10 amide bonds. The quantitative estimate of drug-likeness (QED) is 0.0377. The van der Waals surface area contributed by atoms with Gasteiger partial charge in [-0.15, -0.1) is 0 Å². The first-order valence-corrected chi connectivity index (χ1v) is 28.1. The minimum Gasteiger partial charge on any atom is -0.370 e. The van der Waals surface area contributed by atoms with Crippen molar-refractivity contribution in [1.29, 1.82) is 0 Å². The SMILES string of the molecule is CCC[C@@H]1NC(=O)[C@H](Cc2ccccc2)NC(=O)[C@@H](Cc2ccccc2)NC(=O)CC2(CCCCC2)SSC[C@@H](C(=O)N2CCC[C@H]2C(=O)N[C@@H](CCCN=C(N)N)C(=O)NCC(N)=O)NC(=O)[C@H](CC(N)=O)NC1=O. The van der Waals surface area contributed by atoms with E-state index in [1.807, 2.05) is 30.3 Å². The number of likely N-dealkylation sites (tertiary alicyclic amines) is 1. The lowest BCUT2D eigenvalue weighted by atomic mass is 9.85. The molecular formula is C51H73N13O10S2. The number of guanidine groups is 1. The molecule has 1 spiro atoms. The fourth-order valence-electron chi connectivity index (χ4n) is 9.44. The average Bonchev–Trinajstić information content (AvgIpc) is 3.89. The van der Waals surface area contributed by atoms with E-state index in [4.69, 9.17) is 22.9 Å². The predicted octanol–water partition coefficient (Wildman–Crippen LogP) is -0.810. The van der Waals surface area contributed by atoms with Gasteiger partial charge >= 0.3 is 0 Å². The Morgan fingerprint density at radius 3 is 1.91 bits per heavy atom. The van der Waals surface area contributed by atoms with Crippen LogP contribution in [0.5, 0.6) is 0 Å². The van der Waals surface area contributed by atoms with E-state index in [0.29, 0.717) is 31.2 Å². The van der Waals surface area contributed by atoms with Gasteiger partial charge in [-0.25, -0.2) is 0 Å². The van der Waals surface area contributed by atoms with E-state index in [2.05, 4.69) is 42.2 Å². The molecule has 414 valence electrons. The van der Waals surface area contributed by atoms with Crippen LogP contribution < -0.4 is 60.2 Å². The molecule has 3 fully saturated rings. The Balaban J connectivity index is 1.50. The maximum absolute atomic E-state index is 14.9. The number of hydrogen-bond acceptors (Lipinski definition) is 13. The van der Waals surface area contributed by atoms with Gasteiger partial charge in [-0.2, -0.15) is 0 Å². The first kappa shape index (κ1) is 60.0. The molecule has 7 atom stereocenters. The van der Waals surface area contributed by atoms with Crippen LogP contribution in [-0.4, -0.2) is 142 Å². The number of carbonyl (C=O) groups excluding carboxylic acids is 10. The standard InChI is InChI=1S/C51H73N13O10S2/c1-2-14-33-44(69)62-37(27-40(52)65)47(72)63-38(49(74)64-24-13-20-39(64)48(73)60-34(19-12-23-56-50(54)55)43(68)57-29-41(53)66)30-75-76-51(21-10-5-11-22-51)28-42(67)58-35(25-31-15-6-3-7-16-31)45(70)61-36(46(71)59-33)26-32-17-8-4-9-18-32/h3-4,6-9,15-18,33-39H,2,5,10-14,19-30H2,1H3,(H2,52,65)(H2,53,66)(H,57,68)(H,58,67)(H,59,71)(H,60,73)(H,61,70)(H,62,69)(H,63,72)(H4,54,55,56)/t33-,34-,35+,36-,37-,38-,39-/m0/s1. The zero-order valence-electron chi connectivity index (χ0n) is 42.9. The summed E-state index contributed by atoms with van der Waals surface area (Å²) >= 11 is 0. The summed E-state index contributed by atoms with van der Waals surface area (Å²) < 4.78 is -0.687. The van der Waals surface area contributed by atoms with Crippen LogP contribution in [0, 0.1) is 0 Å². The van der Waals surface area contributed by atoms with Crippen LogP contribution in [-0.2, 0) is 60.8 Å². The van der Waals surface area contributed by atoms with Crippen LogP contribution in [0.2, 0.25) is 0 Å². The molecule has 0 unspecified atom stereocenters. The van der Waals surface area contributed by atoms with Gasteiger partial charge in [0.05, 0.1) is 13.0 Å². The number of amides is 10. The van der Waals surface area contributed by atoms with Gasteiger partial charge in [0, 0.05) is 42.9 Å². The third-order valence-corrected chi connectivity index (χ3v) is 16.6. The van der Waals surface area contributed by atoms with E-state index in [-0.39, 0.29) is 69.7 Å². The maximum Gasteiger partial charge on any atom is 0.246 e. The van der Waals surface area contributed by atoms with Crippen molar-refractivity contribution in [3.8, 4) is 0 Å². The number of primary amides is 2. The van der Waals surface area contributed by atoms with Crippen LogP contribution in [0.4, 0.5) is 0 Å². The number of aliphatic imine (C=N–C) groups is 1. The van der Waals surface area contributed by atoms with E-state index >= 15 is 0 Å². The molecule has 2 saturated heterocycles. The highest BCUT2D eigenvalue weighted by Gasteiger charge is 2.42. The van der Waals surface area contributed by atoms with Crippen LogP contribution in [0.25, 0.3) is 0 Å². The number of benzene rings is 2. The molecule has 0 bridgehead atoms. The molecule has 5 rings (SSSR count). The Labute approximate surface area is 450 Å². The topological polar surface area (TPSA) is 375 Å². The van der Waals surface area contributed by atoms with Gasteiger partial charge in [-0.3, -0.25) is 52.9 Å². The van der Waals surface area contributed by atoms with E-state index in [9.17, 15) is 47.9 Å². The number of nitrogens with two attached hydrogens (primary N) is 4. The molecule has 1 aliphatic carbocycles. The highest BCUT2D eigenvalue weighted by molar-refractivity contribution is 8.77. The number of carbonyl (C=O) groups is 10. The molecule has 2 aromatic rings. The number of nitrogens with one attached hydrogen (secondary N) is 7. The lowest BCUT2D eigenvalue weighted by Gasteiger charge is -2.37. The molecule has 2 aromatic carbocycles. The smallest absolute Gasteiger partial charge is 0.246 e. The largest absolute Gasteiger partial charge is 0.370 e. The van der Waals surface area contributed by atoms with E-state index in [1.165, 1.54) is 26.5 Å². The van der Waals surface area contributed by atoms with Crippen molar-refractivity contribution in [2.45, 2.75) is 150 Å². The second-order valence-corrected chi connectivity index (χ2v) is 22.2. The van der Waals surface area contributed by atoms with Crippen LogP contribution in [0.1, 0.15) is 102 Å². The van der Waals surface area contributed by atoms with Gasteiger partial charge in [-0.05, 0) is 56.1 Å². The van der Waals surface area contributed by atoms with Crippen molar-refractivity contribution in [3.63, 3.8) is 0 Å². The predicted molar refractivity (Wildman–Crippen MR) is 288 cm³/mol. The Hall–Kier alpha value is -6.89. The van der Waals surface area contributed by atoms with Gasteiger partial charge in [0.15, 0.2) is 5.96 Å². The van der Waals surface area contributed by atoms with Gasteiger partial charge in [0.1, 0.15) is 42.3 Å². The fraction of sp³-hybridized carbons (Fsp3) is 0.549. The molecule has 0 aromatic heterocycles. The van der Waals surface area contributed by atoms with E-state index in [1.54, 1.807) is 37.3 Å². The van der Waals surface area contributed by atoms with E-state index in [0.717, 1.165) is 24.8 Å². The fourth-order valence-corrected chi connectivity index (χ4v) is 12.8. The molecule has 23 nitrogen and oxygen atoms in total. The molecule has 3 aliphatic rings. The minimum absolute atomic E-state index is 0.0110. The second kappa shape index (κ2) is 30.0. The van der Waals surface area contributed by atoms with Gasteiger partial charge in [0.2, 0.25) is 59.1 Å². The van der Waals surface area contributed by atoms with Gasteiger partial charge in [-0.1, -0.05) is 115 Å². The summed E-state index contributed by atoms with van der Waals surface area (Å²) in [5.41, 5.74) is 23.3. The van der Waals surface area contributed by atoms with Crippen molar-refractivity contribution in [1.82, 2.24) is 42.1 Å². The summed E-state index contributed by atoms with van der Waals surface area (Å²) in [5.74, 6) is -7.70. The molecule has 76 heavy (non-hydrogen) atoms. The third-order valence-electron chi connectivity index (χ3n) is 13.3. The summed E-state index contributed by atoms with van der Waals surface area (Å²) in [7, 11) is 2.61. The Morgan fingerprint density at radius 2 is 1.32 bits per heavy atom. The van der Waals surface area contributed by atoms with Gasteiger partial charge in [0.25, 0.3) is 0 Å². The average molecular weight is 1090 g/mol. The van der Waals surface area contributed by atoms with Crippen molar-refractivity contribution < 1.29 is 47.9 Å². The molecule has 15 N–H and O–H groups in total. The summed E-state index contributed by atoms with van der Waals surface area (Å²) in [6, 6.07) is 9.08. The zero-order chi connectivity index (χ0) is 55.2. The van der Waals surface area contributed by atoms with Crippen LogP contribution >= 0.6 is 21.6 Å². The molecule has 2 heterocycles. The minimum atomic E-state index is -1.64. The van der Waals surface area contributed by atoms with Gasteiger partial charge < -0.3 is 65.1 Å². The van der Waals surface area contributed by atoms with Crippen LogP contribution in [0.3, 0.4) is 0 Å². The Morgan fingerprint density at radius 1 is 0.737 bits per heavy atom. The highest BCUT2D eigenvalue weighted by Crippen LogP contribution is 2.48. The van der Waals surface area contributed by atoms with Crippen molar-refractivity contribution in [3.05, 3.63) is 71.8 Å². The molecular weight excluding hydrogens is 1020 g/mol. The highest BCUT2D eigenvalue weighted by atomic mass is 33.1.